The summed E-state index contributed by atoms with van der Waals surface area (Å²) in [7, 11) is 1.62. The number of para-hydroxylation sites is 1. The molecule has 2 aromatic carbocycles. The Morgan fingerprint density at radius 2 is 1.92 bits per heavy atom. The van der Waals surface area contributed by atoms with Crippen LogP contribution in [0.3, 0.4) is 0 Å². The van der Waals surface area contributed by atoms with Crippen LogP contribution in [0.5, 0.6) is 5.75 Å². The Morgan fingerprint density at radius 1 is 1.17 bits per heavy atom. The van der Waals surface area contributed by atoms with Gasteiger partial charge in [0.15, 0.2) is 4.32 Å². The average Bonchev–Trinajstić information content (AvgIpc) is 2.84. The highest BCUT2D eigenvalue weighted by Crippen LogP contribution is 2.38. The second-order valence-corrected chi connectivity index (χ2v) is 7.22. The Balaban J connectivity index is 2.00. The topological polar surface area (TPSA) is 29.5 Å². The van der Waals surface area contributed by atoms with Gasteiger partial charge in [-0.2, -0.15) is 0 Å². The molecule has 0 aliphatic carbocycles. The largest absolute Gasteiger partial charge is 0.496 e. The third-order valence-electron chi connectivity index (χ3n) is 3.82. The zero-order chi connectivity index (χ0) is 17.3. The summed E-state index contributed by atoms with van der Waals surface area (Å²) in [6.45, 7) is 3.99. The molecule has 1 amide bonds. The van der Waals surface area contributed by atoms with Gasteiger partial charge in [0, 0.05) is 5.56 Å². The summed E-state index contributed by atoms with van der Waals surface area (Å²) >= 11 is 6.77. The van der Waals surface area contributed by atoms with Crippen LogP contribution in [0.15, 0.2) is 47.4 Å². The van der Waals surface area contributed by atoms with E-state index >= 15 is 0 Å². The number of amides is 1. The van der Waals surface area contributed by atoms with Crippen LogP contribution < -0.4 is 9.64 Å². The third-order valence-corrected chi connectivity index (χ3v) is 5.13. The smallest absolute Gasteiger partial charge is 0.270 e. The predicted molar refractivity (Wildman–Crippen MR) is 105 cm³/mol. The number of anilines is 1. The summed E-state index contributed by atoms with van der Waals surface area (Å²) in [4.78, 5) is 15.1. The SMILES string of the molecule is COc1ccccc1C=C1SC(=S)N(c2cc(C)ccc2C)C1=O. The van der Waals surface area contributed by atoms with Crippen molar-refractivity contribution in [2.24, 2.45) is 0 Å². The standard InChI is InChI=1S/C19H17NO2S2/c1-12-8-9-13(2)15(10-12)20-18(21)17(24-19(20)23)11-14-6-4-5-7-16(14)22-3/h4-11H,1-3H3. The molecule has 122 valence electrons. The normalized spacial score (nSPS) is 16.1. The first kappa shape index (κ1) is 16.7. The van der Waals surface area contributed by atoms with Crippen LogP contribution in [-0.4, -0.2) is 17.3 Å². The Hall–Kier alpha value is -2.11. The minimum atomic E-state index is -0.0930. The highest BCUT2D eigenvalue weighted by Gasteiger charge is 2.34. The van der Waals surface area contributed by atoms with Gasteiger partial charge in [-0.25, -0.2) is 0 Å². The Bertz CT molecular complexity index is 858. The van der Waals surface area contributed by atoms with E-state index in [1.54, 1.807) is 12.0 Å². The lowest BCUT2D eigenvalue weighted by molar-refractivity contribution is -0.113. The number of thiocarbonyl (C=S) groups is 1. The van der Waals surface area contributed by atoms with Gasteiger partial charge >= 0.3 is 0 Å². The second-order valence-electron chi connectivity index (χ2n) is 5.55. The number of hydrogen-bond acceptors (Lipinski definition) is 4. The molecule has 0 atom stereocenters. The highest BCUT2D eigenvalue weighted by molar-refractivity contribution is 8.27. The molecule has 0 aromatic heterocycles. The maximum absolute atomic E-state index is 12.9. The van der Waals surface area contributed by atoms with E-state index in [2.05, 4.69) is 0 Å². The first-order chi connectivity index (χ1) is 11.5. The van der Waals surface area contributed by atoms with E-state index in [-0.39, 0.29) is 5.91 Å². The van der Waals surface area contributed by atoms with Crippen LogP contribution >= 0.6 is 24.0 Å². The summed E-state index contributed by atoms with van der Waals surface area (Å²) in [5, 5.41) is 0. The van der Waals surface area contributed by atoms with Crippen LogP contribution in [0, 0.1) is 13.8 Å². The molecule has 5 heteroatoms. The van der Waals surface area contributed by atoms with Crippen molar-refractivity contribution in [2.75, 3.05) is 12.0 Å². The van der Waals surface area contributed by atoms with E-state index < -0.39 is 0 Å². The first-order valence-corrected chi connectivity index (χ1v) is 8.72. The molecule has 1 aliphatic rings. The lowest BCUT2D eigenvalue weighted by Gasteiger charge is -2.17. The minimum absolute atomic E-state index is 0.0930. The van der Waals surface area contributed by atoms with Gasteiger partial charge in [-0.15, -0.1) is 0 Å². The Morgan fingerprint density at radius 3 is 2.67 bits per heavy atom. The number of thioether (sulfide) groups is 1. The molecule has 0 saturated carbocycles. The van der Waals surface area contributed by atoms with Crippen LogP contribution in [0.25, 0.3) is 6.08 Å². The molecule has 3 nitrogen and oxygen atoms in total. The van der Waals surface area contributed by atoms with Crippen LogP contribution in [0.2, 0.25) is 0 Å². The molecule has 0 bridgehead atoms. The molecule has 3 rings (SSSR count). The summed E-state index contributed by atoms with van der Waals surface area (Å²) in [5.41, 5.74) is 3.83. The van der Waals surface area contributed by atoms with Gasteiger partial charge < -0.3 is 4.74 Å². The number of methoxy groups -OCH3 is 1. The van der Waals surface area contributed by atoms with Gasteiger partial charge in [-0.3, -0.25) is 9.69 Å². The van der Waals surface area contributed by atoms with Crippen LogP contribution in [0.4, 0.5) is 5.69 Å². The molecular weight excluding hydrogens is 338 g/mol. The van der Waals surface area contributed by atoms with Crippen molar-refractivity contribution in [3.8, 4) is 5.75 Å². The fourth-order valence-corrected chi connectivity index (χ4v) is 3.84. The van der Waals surface area contributed by atoms with Crippen molar-refractivity contribution in [1.82, 2.24) is 0 Å². The molecule has 2 aromatic rings. The quantitative estimate of drug-likeness (QED) is 0.589. The summed E-state index contributed by atoms with van der Waals surface area (Å²) < 4.78 is 5.90. The van der Waals surface area contributed by atoms with Gasteiger partial charge in [0.1, 0.15) is 5.75 Å². The van der Waals surface area contributed by atoms with Gasteiger partial charge in [0.25, 0.3) is 5.91 Å². The van der Waals surface area contributed by atoms with Crippen molar-refractivity contribution in [1.29, 1.82) is 0 Å². The second kappa shape index (κ2) is 6.79. The van der Waals surface area contributed by atoms with E-state index in [0.717, 1.165) is 28.1 Å². The number of rotatable bonds is 3. The average molecular weight is 355 g/mol. The lowest BCUT2D eigenvalue weighted by atomic mass is 10.1. The number of carbonyl (C=O) groups is 1. The molecule has 0 spiro atoms. The number of nitrogens with zero attached hydrogens (tertiary/aromatic N) is 1. The van der Waals surface area contributed by atoms with Gasteiger partial charge in [-0.05, 0) is 43.2 Å². The molecule has 1 fully saturated rings. The van der Waals surface area contributed by atoms with Gasteiger partial charge in [0.05, 0.1) is 17.7 Å². The van der Waals surface area contributed by atoms with E-state index in [9.17, 15) is 4.79 Å². The fourth-order valence-electron chi connectivity index (χ4n) is 2.56. The fraction of sp³-hybridized carbons (Fsp3) is 0.158. The molecule has 1 saturated heterocycles. The zero-order valence-corrected chi connectivity index (χ0v) is 15.3. The van der Waals surface area contributed by atoms with Crippen molar-refractivity contribution in [3.05, 3.63) is 64.1 Å². The van der Waals surface area contributed by atoms with Crippen molar-refractivity contribution < 1.29 is 9.53 Å². The lowest BCUT2D eigenvalue weighted by Crippen LogP contribution is -2.28. The molecule has 0 unspecified atom stereocenters. The van der Waals surface area contributed by atoms with Crippen LogP contribution in [-0.2, 0) is 4.79 Å². The van der Waals surface area contributed by atoms with E-state index in [4.69, 9.17) is 17.0 Å². The number of hydrogen-bond donors (Lipinski definition) is 0. The van der Waals surface area contributed by atoms with E-state index in [1.807, 2.05) is 62.4 Å². The van der Waals surface area contributed by atoms with Crippen molar-refractivity contribution >= 4 is 46.0 Å². The minimum Gasteiger partial charge on any atom is -0.496 e. The maximum Gasteiger partial charge on any atom is 0.270 e. The first-order valence-electron chi connectivity index (χ1n) is 7.49. The van der Waals surface area contributed by atoms with Crippen molar-refractivity contribution in [2.45, 2.75) is 13.8 Å². The zero-order valence-electron chi connectivity index (χ0n) is 13.7. The molecule has 1 heterocycles. The van der Waals surface area contributed by atoms with Crippen LogP contribution in [0.1, 0.15) is 16.7 Å². The summed E-state index contributed by atoms with van der Waals surface area (Å²) in [6, 6.07) is 13.6. The molecule has 24 heavy (non-hydrogen) atoms. The monoisotopic (exact) mass is 355 g/mol. The third kappa shape index (κ3) is 3.09. The summed E-state index contributed by atoms with van der Waals surface area (Å²) in [5.74, 6) is 0.638. The number of ether oxygens (including phenoxy) is 1. The predicted octanol–water partition coefficient (Wildman–Crippen LogP) is 4.72. The number of aryl methyl sites for hydroxylation is 2. The molecular formula is C19H17NO2S2. The molecule has 0 radical (unpaired) electrons. The van der Waals surface area contributed by atoms with E-state index in [1.165, 1.54) is 11.8 Å². The molecule has 0 N–H and O–H groups in total. The Labute approximate surface area is 151 Å². The number of benzene rings is 2. The highest BCUT2D eigenvalue weighted by atomic mass is 32.2. The van der Waals surface area contributed by atoms with Gasteiger partial charge in [-0.1, -0.05) is 54.3 Å². The Kier molecular flexibility index (Phi) is 4.73. The van der Waals surface area contributed by atoms with Crippen molar-refractivity contribution in [3.63, 3.8) is 0 Å². The maximum atomic E-state index is 12.9. The molecule has 1 aliphatic heterocycles. The number of carbonyl (C=O) groups excluding carboxylic acids is 1. The van der Waals surface area contributed by atoms with Gasteiger partial charge in [0.2, 0.25) is 0 Å². The van der Waals surface area contributed by atoms with E-state index in [0.29, 0.717) is 9.23 Å². The summed E-state index contributed by atoms with van der Waals surface area (Å²) in [6.07, 6.45) is 1.84.